The molecule has 1 aromatic carbocycles. The zero-order valence-corrected chi connectivity index (χ0v) is 11.5. The van der Waals surface area contributed by atoms with Crippen molar-refractivity contribution < 1.29 is 4.74 Å². The molecule has 3 rings (SSSR count). The average molecular weight is 268 g/mol. The molecule has 0 spiro atoms. The molecule has 2 aromatic heterocycles. The van der Waals surface area contributed by atoms with Gasteiger partial charge in [-0.15, -0.1) is 10.2 Å². The van der Waals surface area contributed by atoms with Gasteiger partial charge in [0.1, 0.15) is 5.75 Å². The highest BCUT2D eigenvalue weighted by Gasteiger charge is 2.11. The number of ether oxygens (including phenoxy) is 1. The van der Waals surface area contributed by atoms with Crippen LogP contribution < -0.4 is 10.5 Å². The van der Waals surface area contributed by atoms with Gasteiger partial charge in [-0.05, 0) is 44.2 Å². The van der Waals surface area contributed by atoms with E-state index in [1.54, 1.807) is 0 Å². The molecule has 5 nitrogen and oxygen atoms in total. The lowest BCUT2D eigenvalue weighted by Gasteiger charge is -2.08. The van der Waals surface area contributed by atoms with Crippen LogP contribution in [0.25, 0.3) is 17.0 Å². The monoisotopic (exact) mass is 268 g/mol. The molecule has 3 aromatic rings. The van der Waals surface area contributed by atoms with E-state index < -0.39 is 0 Å². The minimum absolute atomic E-state index is 0.594. The summed E-state index contributed by atoms with van der Waals surface area (Å²) in [6.45, 7) is 4.55. The zero-order chi connectivity index (χ0) is 14.1. The predicted octanol–water partition coefficient (Wildman–Crippen LogP) is 2.69. The van der Waals surface area contributed by atoms with Crippen molar-refractivity contribution in [3.05, 3.63) is 42.1 Å². The van der Waals surface area contributed by atoms with Gasteiger partial charge in [0, 0.05) is 11.3 Å². The van der Waals surface area contributed by atoms with E-state index in [1.165, 1.54) is 0 Å². The number of hydrogen-bond donors (Lipinski definition) is 1. The van der Waals surface area contributed by atoms with Crippen molar-refractivity contribution in [3.8, 4) is 17.1 Å². The predicted molar refractivity (Wildman–Crippen MR) is 78.7 cm³/mol. The molecule has 0 aliphatic carbocycles. The molecule has 0 bridgehead atoms. The van der Waals surface area contributed by atoms with Gasteiger partial charge in [0.2, 0.25) is 0 Å². The second kappa shape index (κ2) is 4.85. The highest BCUT2D eigenvalue weighted by Crippen LogP contribution is 2.28. The molecule has 0 atom stereocenters. The summed E-state index contributed by atoms with van der Waals surface area (Å²) >= 11 is 0. The number of aromatic nitrogens is 3. The maximum absolute atomic E-state index is 6.01. The summed E-state index contributed by atoms with van der Waals surface area (Å²) in [6.07, 6.45) is 0. The van der Waals surface area contributed by atoms with Crippen LogP contribution in [-0.4, -0.2) is 21.2 Å². The second-order valence-corrected chi connectivity index (χ2v) is 4.57. The molecule has 2 heterocycles. The number of aryl methyl sites for hydroxylation is 1. The van der Waals surface area contributed by atoms with E-state index in [0.29, 0.717) is 18.0 Å². The van der Waals surface area contributed by atoms with E-state index in [0.717, 1.165) is 22.7 Å². The lowest BCUT2D eigenvalue weighted by molar-refractivity contribution is 0.342. The number of benzene rings is 1. The zero-order valence-electron chi connectivity index (χ0n) is 11.5. The standard InChI is InChI=1S/C15H16N4O/c1-3-20-13-8-7-11(9-12(13)16)15-18-17-14-6-4-5-10(2)19(14)15/h4-9H,3,16H2,1-2H3. The van der Waals surface area contributed by atoms with Crippen molar-refractivity contribution in [2.45, 2.75) is 13.8 Å². The molecule has 0 saturated heterocycles. The number of nitrogen functional groups attached to an aromatic ring is 1. The third-order valence-electron chi connectivity index (χ3n) is 3.19. The Kier molecular flexibility index (Phi) is 3.02. The molecule has 102 valence electrons. The van der Waals surface area contributed by atoms with Gasteiger partial charge in [0.05, 0.1) is 12.3 Å². The number of fused-ring (bicyclic) bond motifs is 1. The van der Waals surface area contributed by atoms with Gasteiger partial charge < -0.3 is 10.5 Å². The number of anilines is 1. The summed E-state index contributed by atoms with van der Waals surface area (Å²) in [4.78, 5) is 0. The molecule has 0 aliphatic heterocycles. The van der Waals surface area contributed by atoms with Crippen LogP contribution in [0.5, 0.6) is 5.75 Å². The first-order valence-corrected chi connectivity index (χ1v) is 6.54. The number of rotatable bonds is 3. The van der Waals surface area contributed by atoms with Crippen molar-refractivity contribution in [3.63, 3.8) is 0 Å². The molecule has 0 amide bonds. The summed E-state index contributed by atoms with van der Waals surface area (Å²) in [6, 6.07) is 11.6. The summed E-state index contributed by atoms with van der Waals surface area (Å²) in [5.41, 5.74) is 9.45. The smallest absolute Gasteiger partial charge is 0.168 e. The van der Waals surface area contributed by atoms with Crippen molar-refractivity contribution >= 4 is 11.3 Å². The van der Waals surface area contributed by atoms with Gasteiger partial charge in [-0.2, -0.15) is 0 Å². The van der Waals surface area contributed by atoms with Crippen LogP contribution in [0.4, 0.5) is 5.69 Å². The Morgan fingerprint density at radius 3 is 2.80 bits per heavy atom. The topological polar surface area (TPSA) is 65.4 Å². The Morgan fingerprint density at radius 2 is 2.05 bits per heavy atom. The fourth-order valence-electron chi connectivity index (χ4n) is 2.26. The van der Waals surface area contributed by atoms with Crippen LogP contribution in [-0.2, 0) is 0 Å². The number of pyridine rings is 1. The third-order valence-corrected chi connectivity index (χ3v) is 3.19. The van der Waals surface area contributed by atoms with Gasteiger partial charge in [0.25, 0.3) is 0 Å². The van der Waals surface area contributed by atoms with Crippen molar-refractivity contribution in [2.75, 3.05) is 12.3 Å². The lowest BCUT2D eigenvalue weighted by atomic mass is 10.1. The molecular weight excluding hydrogens is 252 g/mol. The molecule has 0 radical (unpaired) electrons. The summed E-state index contributed by atoms with van der Waals surface area (Å²) in [7, 11) is 0. The molecule has 0 saturated carbocycles. The summed E-state index contributed by atoms with van der Waals surface area (Å²) in [5.74, 6) is 1.48. The number of nitrogens with two attached hydrogens (primary N) is 1. The fourth-order valence-corrected chi connectivity index (χ4v) is 2.26. The van der Waals surface area contributed by atoms with Crippen LogP contribution in [0, 0.1) is 6.92 Å². The number of hydrogen-bond acceptors (Lipinski definition) is 4. The van der Waals surface area contributed by atoms with Gasteiger partial charge >= 0.3 is 0 Å². The highest BCUT2D eigenvalue weighted by atomic mass is 16.5. The normalized spacial score (nSPS) is 10.9. The largest absolute Gasteiger partial charge is 0.492 e. The first kappa shape index (κ1) is 12.5. The Hall–Kier alpha value is -2.56. The SMILES string of the molecule is CCOc1ccc(-c2nnc3cccc(C)n23)cc1N. The van der Waals surface area contributed by atoms with E-state index in [1.807, 2.05) is 54.6 Å². The Labute approximate surface area is 117 Å². The third kappa shape index (κ3) is 1.97. The lowest BCUT2D eigenvalue weighted by Crippen LogP contribution is -1.98. The quantitative estimate of drug-likeness (QED) is 0.742. The van der Waals surface area contributed by atoms with Gasteiger partial charge in [-0.3, -0.25) is 4.40 Å². The van der Waals surface area contributed by atoms with E-state index in [4.69, 9.17) is 10.5 Å². The van der Waals surface area contributed by atoms with E-state index in [-0.39, 0.29) is 0 Å². The minimum Gasteiger partial charge on any atom is -0.492 e. The average Bonchev–Trinajstić information content (AvgIpc) is 2.87. The minimum atomic E-state index is 0.594. The Bertz CT molecular complexity index is 764. The van der Waals surface area contributed by atoms with Crippen molar-refractivity contribution in [1.82, 2.24) is 14.6 Å². The molecule has 0 unspecified atom stereocenters. The van der Waals surface area contributed by atoms with Crippen molar-refractivity contribution in [1.29, 1.82) is 0 Å². The molecule has 5 heteroatoms. The van der Waals surface area contributed by atoms with Crippen LogP contribution in [0.2, 0.25) is 0 Å². The van der Waals surface area contributed by atoms with Crippen LogP contribution in [0.1, 0.15) is 12.6 Å². The molecule has 20 heavy (non-hydrogen) atoms. The highest BCUT2D eigenvalue weighted by molar-refractivity contribution is 5.68. The summed E-state index contributed by atoms with van der Waals surface area (Å²) < 4.78 is 7.46. The molecule has 0 fully saturated rings. The molecule has 2 N–H and O–H groups in total. The van der Waals surface area contributed by atoms with Gasteiger partial charge in [0.15, 0.2) is 11.5 Å². The molecule has 0 aliphatic rings. The number of nitrogens with zero attached hydrogens (tertiary/aromatic N) is 3. The Morgan fingerprint density at radius 1 is 1.20 bits per heavy atom. The van der Waals surface area contributed by atoms with Crippen molar-refractivity contribution in [2.24, 2.45) is 0 Å². The first-order chi connectivity index (χ1) is 9.70. The first-order valence-electron chi connectivity index (χ1n) is 6.54. The van der Waals surface area contributed by atoms with Gasteiger partial charge in [-0.1, -0.05) is 6.07 Å². The maximum Gasteiger partial charge on any atom is 0.168 e. The Balaban J connectivity index is 2.14. The van der Waals surface area contributed by atoms with Gasteiger partial charge in [-0.25, -0.2) is 0 Å². The second-order valence-electron chi connectivity index (χ2n) is 4.57. The summed E-state index contributed by atoms with van der Waals surface area (Å²) in [5, 5.41) is 8.44. The maximum atomic E-state index is 6.01. The van der Waals surface area contributed by atoms with E-state index >= 15 is 0 Å². The van der Waals surface area contributed by atoms with Crippen LogP contribution in [0.15, 0.2) is 36.4 Å². The van der Waals surface area contributed by atoms with Crippen LogP contribution in [0.3, 0.4) is 0 Å². The van der Waals surface area contributed by atoms with E-state index in [9.17, 15) is 0 Å². The molecular formula is C15H16N4O. The van der Waals surface area contributed by atoms with Crippen LogP contribution >= 0.6 is 0 Å². The fraction of sp³-hybridized carbons (Fsp3) is 0.200. The van der Waals surface area contributed by atoms with E-state index in [2.05, 4.69) is 10.2 Å².